The van der Waals surface area contributed by atoms with Gasteiger partial charge in [0.15, 0.2) is 0 Å². The summed E-state index contributed by atoms with van der Waals surface area (Å²) in [5.74, 6) is 0.659. The summed E-state index contributed by atoms with van der Waals surface area (Å²) in [4.78, 5) is 0. The lowest BCUT2D eigenvalue weighted by Gasteiger charge is -2.40. The van der Waals surface area contributed by atoms with Gasteiger partial charge in [0.2, 0.25) is 5.09 Å². The van der Waals surface area contributed by atoms with Gasteiger partial charge in [-0.3, -0.25) is 0 Å². The topological polar surface area (TPSA) is 71.8 Å². The average molecular weight is 314 g/mol. The van der Waals surface area contributed by atoms with Crippen LogP contribution in [0.3, 0.4) is 0 Å². The third-order valence-electron chi connectivity index (χ3n) is 3.89. The molecular formula is C14H22N2O4S. The smallest absolute Gasteiger partial charge is 0.277 e. The standard InChI is InChI=1S/C14H22N2O4S/c1-14(2)10-19-8-7-16(14)21(17,18)13-6-5-12(20-13)9-15-11-3-4-11/h5-6,11,15H,3-4,7-10H2,1-2H3. The van der Waals surface area contributed by atoms with Crippen LogP contribution in [0.15, 0.2) is 21.6 Å². The monoisotopic (exact) mass is 314 g/mol. The Hall–Kier alpha value is -0.890. The summed E-state index contributed by atoms with van der Waals surface area (Å²) >= 11 is 0. The molecule has 0 spiro atoms. The maximum absolute atomic E-state index is 12.7. The van der Waals surface area contributed by atoms with Gasteiger partial charge in [-0.25, -0.2) is 8.42 Å². The lowest BCUT2D eigenvalue weighted by Crippen LogP contribution is -2.55. The van der Waals surface area contributed by atoms with Gasteiger partial charge in [0.25, 0.3) is 10.0 Å². The number of nitrogens with zero attached hydrogens (tertiary/aromatic N) is 1. The van der Waals surface area contributed by atoms with Crippen molar-refractivity contribution < 1.29 is 17.6 Å². The van der Waals surface area contributed by atoms with Gasteiger partial charge in [-0.05, 0) is 38.8 Å². The van der Waals surface area contributed by atoms with Crippen molar-refractivity contribution in [1.82, 2.24) is 9.62 Å². The second kappa shape index (κ2) is 5.39. The largest absolute Gasteiger partial charge is 0.447 e. The minimum atomic E-state index is -3.61. The minimum absolute atomic E-state index is 0.0186. The molecule has 0 unspecified atom stereocenters. The normalized spacial score (nSPS) is 23.3. The van der Waals surface area contributed by atoms with Gasteiger partial charge in [0, 0.05) is 12.6 Å². The van der Waals surface area contributed by atoms with E-state index in [0.717, 1.165) is 0 Å². The molecule has 0 bridgehead atoms. The Morgan fingerprint density at radius 3 is 2.81 bits per heavy atom. The van der Waals surface area contributed by atoms with Crippen LogP contribution in [0.25, 0.3) is 0 Å². The first-order valence-electron chi connectivity index (χ1n) is 7.32. The first-order valence-corrected chi connectivity index (χ1v) is 8.76. The Kier molecular flexibility index (Phi) is 3.85. The Balaban J connectivity index is 1.77. The van der Waals surface area contributed by atoms with E-state index in [4.69, 9.17) is 9.15 Å². The van der Waals surface area contributed by atoms with Crippen molar-refractivity contribution in [2.24, 2.45) is 0 Å². The molecule has 3 rings (SSSR count). The number of rotatable bonds is 5. The number of hydrogen-bond acceptors (Lipinski definition) is 5. The lowest BCUT2D eigenvalue weighted by molar-refractivity contribution is -0.00833. The maximum atomic E-state index is 12.7. The van der Waals surface area contributed by atoms with Crippen LogP contribution in [-0.4, -0.2) is 44.1 Å². The van der Waals surface area contributed by atoms with Crippen LogP contribution in [0, 0.1) is 0 Å². The fourth-order valence-electron chi connectivity index (χ4n) is 2.52. The van der Waals surface area contributed by atoms with Crippen molar-refractivity contribution in [3.8, 4) is 0 Å². The molecule has 1 saturated carbocycles. The lowest BCUT2D eigenvalue weighted by atomic mass is 10.1. The number of hydrogen-bond donors (Lipinski definition) is 1. The predicted octanol–water partition coefficient (Wildman–Crippen LogP) is 1.33. The van der Waals surface area contributed by atoms with E-state index in [2.05, 4.69) is 5.32 Å². The molecule has 118 valence electrons. The van der Waals surface area contributed by atoms with Crippen LogP contribution in [0.1, 0.15) is 32.4 Å². The van der Waals surface area contributed by atoms with E-state index in [-0.39, 0.29) is 5.09 Å². The highest BCUT2D eigenvalue weighted by atomic mass is 32.2. The number of ether oxygens (including phenoxy) is 1. The van der Waals surface area contributed by atoms with E-state index >= 15 is 0 Å². The fourth-order valence-corrected chi connectivity index (χ4v) is 4.21. The minimum Gasteiger partial charge on any atom is -0.447 e. The third kappa shape index (κ3) is 3.15. The second-order valence-electron chi connectivity index (χ2n) is 6.32. The molecule has 21 heavy (non-hydrogen) atoms. The highest BCUT2D eigenvalue weighted by molar-refractivity contribution is 7.89. The zero-order valence-electron chi connectivity index (χ0n) is 12.5. The van der Waals surface area contributed by atoms with E-state index in [1.54, 1.807) is 12.1 Å². The molecule has 0 aromatic carbocycles. The molecule has 1 aliphatic carbocycles. The van der Waals surface area contributed by atoms with E-state index in [0.29, 0.717) is 38.1 Å². The quantitative estimate of drug-likeness (QED) is 0.888. The molecule has 1 saturated heterocycles. The van der Waals surface area contributed by atoms with Gasteiger partial charge in [0.1, 0.15) is 5.76 Å². The number of morpholine rings is 1. The molecule has 2 heterocycles. The molecule has 1 aromatic heterocycles. The number of nitrogens with one attached hydrogen (secondary N) is 1. The van der Waals surface area contributed by atoms with Crippen LogP contribution in [0.5, 0.6) is 0 Å². The van der Waals surface area contributed by atoms with Crippen LogP contribution in [-0.2, 0) is 21.3 Å². The molecular weight excluding hydrogens is 292 g/mol. The first-order chi connectivity index (χ1) is 9.89. The summed E-state index contributed by atoms with van der Waals surface area (Å²) in [5.41, 5.74) is -0.559. The maximum Gasteiger partial charge on any atom is 0.277 e. The van der Waals surface area contributed by atoms with Gasteiger partial charge < -0.3 is 14.5 Å². The van der Waals surface area contributed by atoms with Crippen molar-refractivity contribution in [2.75, 3.05) is 19.8 Å². The summed E-state index contributed by atoms with van der Waals surface area (Å²) < 4.78 is 37.8. The fraction of sp³-hybridized carbons (Fsp3) is 0.714. The zero-order valence-corrected chi connectivity index (χ0v) is 13.3. The van der Waals surface area contributed by atoms with E-state index in [1.165, 1.54) is 17.1 Å². The third-order valence-corrected chi connectivity index (χ3v) is 5.88. The van der Waals surface area contributed by atoms with Gasteiger partial charge in [-0.2, -0.15) is 4.31 Å². The van der Waals surface area contributed by atoms with Gasteiger partial charge >= 0.3 is 0 Å². The van der Waals surface area contributed by atoms with Crippen molar-refractivity contribution >= 4 is 10.0 Å². The molecule has 0 radical (unpaired) electrons. The van der Waals surface area contributed by atoms with Crippen molar-refractivity contribution in [1.29, 1.82) is 0 Å². The summed E-state index contributed by atoms with van der Waals surface area (Å²) in [6.07, 6.45) is 2.38. The van der Waals surface area contributed by atoms with Crippen molar-refractivity contribution in [3.63, 3.8) is 0 Å². The summed E-state index contributed by atoms with van der Waals surface area (Å²) in [6, 6.07) is 3.84. The summed E-state index contributed by atoms with van der Waals surface area (Å²) in [6.45, 7) is 5.46. The SMILES string of the molecule is CC1(C)COCCN1S(=O)(=O)c1ccc(CNC2CC2)o1. The van der Waals surface area contributed by atoms with Crippen molar-refractivity contribution in [2.45, 2.75) is 49.9 Å². The van der Waals surface area contributed by atoms with Crippen molar-refractivity contribution in [3.05, 3.63) is 17.9 Å². The average Bonchev–Trinajstić information content (AvgIpc) is 3.11. The Morgan fingerprint density at radius 2 is 2.14 bits per heavy atom. The molecule has 7 heteroatoms. The van der Waals surface area contributed by atoms with Gasteiger partial charge in [-0.15, -0.1) is 0 Å². The molecule has 1 aromatic rings. The number of sulfonamides is 1. The van der Waals surface area contributed by atoms with Crippen LogP contribution in [0.2, 0.25) is 0 Å². The Bertz CT molecular complexity index is 604. The number of furan rings is 1. The Labute approximate surface area is 125 Å². The highest BCUT2D eigenvalue weighted by Crippen LogP contribution is 2.28. The molecule has 6 nitrogen and oxygen atoms in total. The summed E-state index contributed by atoms with van der Waals surface area (Å²) in [7, 11) is -3.61. The van der Waals surface area contributed by atoms with E-state index < -0.39 is 15.6 Å². The molecule has 0 amide bonds. The molecule has 2 aliphatic rings. The predicted molar refractivity (Wildman–Crippen MR) is 77.4 cm³/mol. The first kappa shape index (κ1) is 15.0. The Morgan fingerprint density at radius 1 is 1.38 bits per heavy atom. The zero-order chi connectivity index (χ0) is 15.1. The van der Waals surface area contributed by atoms with Gasteiger partial charge in [0.05, 0.1) is 25.3 Å². The van der Waals surface area contributed by atoms with Crippen LogP contribution in [0.4, 0.5) is 0 Å². The van der Waals surface area contributed by atoms with E-state index in [9.17, 15) is 8.42 Å². The molecule has 1 N–H and O–H groups in total. The van der Waals surface area contributed by atoms with Crippen LogP contribution >= 0.6 is 0 Å². The second-order valence-corrected chi connectivity index (χ2v) is 8.11. The molecule has 0 atom stereocenters. The molecule has 1 aliphatic heterocycles. The van der Waals surface area contributed by atoms with Crippen LogP contribution < -0.4 is 5.32 Å². The summed E-state index contributed by atoms with van der Waals surface area (Å²) in [5, 5.41) is 3.33. The van der Waals surface area contributed by atoms with E-state index in [1.807, 2.05) is 13.8 Å². The molecule has 2 fully saturated rings. The van der Waals surface area contributed by atoms with Gasteiger partial charge in [-0.1, -0.05) is 0 Å². The highest BCUT2D eigenvalue weighted by Gasteiger charge is 2.41.